The van der Waals surface area contributed by atoms with Crippen LogP contribution in [-0.4, -0.2) is 21.6 Å². The SMILES string of the molecule is Cc1cn[nH]c1C1CCCN1Cc1cccc(F)c1. The number of likely N-dealkylation sites (tertiary alicyclic amines) is 1. The van der Waals surface area contributed by atoms with E-state index in [-0.39, 0.29) is 5.82 Å². The molecule has 1 unspecified atom stereocenters. The zero-order valence-electron chi connectivity index (χ0n) is 11.1. The Morgan fingerprint density at radius 3 is 3.11 bits per heavy atom. The van der Waals surface area contributed by atoms with Gasteiger partial charge in [0.15, 0.2) is 0 Å². The van der Waals surface area contributed by atoms with E-state index in [1.165, 1.54) is 23.7 Å². The summed E-state index contributed by atoms with van der Waals surface area (Å²) in [4.78, 5) is 2.40. The minimum absolute atomic E-state index is 0.161. The fourth-order valence-corrected chi connectivity index (χ4v) is 2.91. The molecule has 0 radical (unpaired) electrons. The van der Waals surface area contributed by atoms with Gasteiger partial charge in [-0.1, -0.05) is 12.1 Å². The van der Waals surface area contributed by atoms with Crippen molar-refractivity contribution in [2.24, 2.45) is 0 Å². The first kappa shape index (κ1) is 12.4. The monoisotopic (exact) mass is 259 g/mol. The molecule has 1 saturated heterocycles. The van der Waals surface area contributed by atoms with Crippen LogP contribution < -0.4 is 0 Å². The summed E-state index contributed by atoms with van der Waals surface area (Å²) >= 11 is 0. The Morgan fingerprint density at radius 1 is 1.47 bits per heavy atom. The van der Waals surface area contributed by atoms with E-state index in [4.69, 9.17) is 0 Å². The number of aryl methyl sites for hydroxylation is 1. The fraction of sp³-hybridized carbons (Fsp3) is 0.400. The van der Waals surface area contributed by atoms with Crippen LogP contribution in [0.1, 0.15) is 35.7 Å². The second kappa shape index (κ2) is 5.13. The maximum Gasteiger partial charge on any atom is 0.123 e. The Bertz CT molecular complexity index is 564. The van der Waals surface area contributed by atoms with Gasteiger partial charge in [0.25, 0.3) is 0 Å². The van der Waals surface area contributed by atoms with Crippen LogP contribution in [0.5, 0.6) is 0 Å². The summed E-state index contributed by atoms with van der Waals surface area (Å²) in [5, 5.41) is 7.22. The summed E-state index contributed by atoms with van der Waals surface area (Å²) in [7, 11) is 0. The molecule has 2 heterocycles. The van der Waals surface area contributed by atoms with E-state index in [0.717, 1.165) is 25.1 Å². The van der Waals surface area contributed by atoms with Crippen LogP contribution in [0.3, 0.4) is 0 Å². The minimum atomic E-state index is -0.161. The predicted molar refractivity (Wildman–Crippen MR) is 72.1 cm³/mol. The van der Waals surface area contributed by atoms with Crippen LogP contribution in [0.15, 0.2) is 30.5 Å². The normalized spacial score (nSPS) is 20.0. The first-order chi connectivity index (χ1) is 9.24. The van der Waals surface area contributed by atoms with Crippen LogP contribution in [-0.2, 0) is 6.54 Å². The molecule has 0 amide bonds. The third kappa shape index (κ3) is 2.54. The first-order valence-corrected chi connectivity index (χ1v) is 6.72. The van der Waals surface area contributed by atoms with E-state index >= 15 is 0 Å². The standard InChI is InChI=1S/C15H18FN3/c1-11-9-17-18-15(11)14-6-3-7-19(14)10-12-4-2-5-13(16)8-12/h2,4-5,8-9,14H,3,6-7,10H2,1H3,(H,17,18). The van der Waals surface area contributed by atoms with Crippen LogP contribution in [0.25, 0.3) is 0 Å². The van der Waals surface area contributed by atoms with Crippen molar-refractivity contribution in [3.8, 4) is 0 Å². The number of benzene rings is 1. The molecule has 1 aliphatic heterocycles. The minimum Gasteiger partial charge on any atom is -0.291 e. The molecule has 3 rings (SSSR count). The molecule has 19 heavy (non-hydrogen) atoms. The molecule has 1 aliphatic rings. The molecule has 0 bridgehead atoms. The van der Waals surface area contributed by atoms with Crippen molar-refractivity contribution in [2.75, 3.05) is 6.54 Å². The van der Waals surface area contributed by atoms with Crippen molar-refractivity contribution in [3.63, 3.8) is 0 Å². The van der Waals surface area contributed by atoms with Crippen molar-refractivity contribution in [1.29, 1.82) is 0 Å². The Balaban J connectivity index is 1.79. The van der Waals surface area contributed by atoms with Crippen LogP contribution >= 0.6 is 0 Å². The highest BCUT2D eigenvalue weighted by atomic mass is 19.1. The maximum absolute atomic E-state index is 13.2. The third-order valence-electron chi connectivity index (χ3n) is 3.84. The average Bonchev–Trinajstić information content (AvgIpc) is 2.98. The smallest absolute Gasteiger partial charge is 0.123 e. The number of aromatic amines is 1. The van der Waals surface area contributed by atoms with E-state index < -0.39 is 0 Å². The highest BCUT2D eigenvalue weighted by Crippen LogP contribution is 2.33. The van der Waals surface area contributed by atoms with Gasteiger partial charge in [-0.05, 0) is 49.6 Å². The van der Waals surface area contributed by atoms with Gasteiger partial charge >= 0.3 is 0 Å². The molecule has 4 heteroatoms. The first-order valence-electron chi connectivity index (χ1n) is 6.72. The van der Waals surface area contributed by atoms with Gasteiger partial charge in [-0.25, -0.2) is 4.39 Å². The van der Waals surface area contributed by atoms with E-state index in [1.54, 1.807) is 12.1 Å². The Labute approximate surface area is 112 Å². The second-order valence-corrected chi connectivity index (χ2v) is 5.23. The van der Waals surface area contributed by atoms with E-state index in [1.807, 2.05) is 12.3 Å². The number of aromatic nitrogens is 2. The highest BCUT2D eigenvalue weighted by molar-refractivity contribution is 5.21. The van der Waals surface area contributed by atoms with Gasteiger partial charge in [-0.3, -0.25) is 10.00 Å². The molecular weight excluding hydrogens is 241 g/mol. The lowest BCUT2D eigenvalue weighted by molar-refractivity contribution is 0.243. The number of H-pyrrole nitrogens is 1. The molecule has 1 aromatic carbocycles. The number of hydrogen-bond donors (Lipinski definition) is 1. The highest BCUT2D eigenvalue weighted by Gasteiger charge is 2.28. The summed E-state index contributed by atoms with van der Waals surface area (Å²) in [6.07, 6.45) is 4.19. The molecule has 1 atom stereocenters. The Kier molecular flexibility index (Phi) is 3.34. The largest absolute Gasteiger partial charge is 0.291 e. The number of halogens is 1. The van der Waals surface area contributed by atoms with Crippen molar-refractivity contribution >= 4 is 0 Å². The lowest BCUT2D eigenvalue weighted by Crippen LogP contribution is -2.23. The Hall–Kier alpha value is -1.68. The van der Waals surface area contributed by atoms with Gasteiger partial charge in [0, 0.05) is 6.54 Å². The van der Waals surface area contributed by atoms with Crippen molar-refractivity contribution < 1.29 is 4.39 Å². The quantitative estimate of drug-likeness (QED) is 0.918. The Morgan fingerprint density at radius 2 is 2.37 bits per heavy atom. The van der Waals surface area contributed by atoms with Gasteiger partial charge in [0.05, 0.1) is 17.9 Å². The summed E-state index contributed by atoms with van der Waals surface area (Å²) in [6.45, 7) is 3.93. The third-order valence-corrected chi connectivity index (χ3v) is 3.84. The summed E-state index contributed by atoms with van der Waals surface area (Å²) in [6, 6.07) is 7.25. The van der Waals surface area contributed by atoms with Crippen LogP contribution in [0.2, 0.25) is 0 Å². The number of nitrogens with one attached hydrogen (secondary N) is 1. The molecule has 1 fully saturated rings. The van der Waals surface area contributed by atoms with Crippen molar-refractivity contribution in [2.45, 2.75) is 32.4 Å². The molecule has 1 N–H and O–H groups in total. The predicted octanol–water partition coefficient (Wildman–Crippen LogP) is 3.19. The number of rotatable bonds is 3. The topological polar surface area (TPSA) is 31.9 Å². The van der Waals surface area contributed by atoms with Gasteiger partial charge in [-0.2, -0.15) is 5.10 Å². The zero-order chi connectivity index (χ0) is 13.2. The lowest BCUT2D eigenvalue weighted by Gasteiger charge is -2.24. The molecule has 0 saturated carbocycles. The lowest BCUT2D eigenvalue weighted by atomic mass is 10.1. The maximum atomic E-state index is 13.2. The summed E-state index contributed by atoms with van der Waals surface area (Å²) in [5.74, 6) is -0.161. The zero-order valence-corrected chi connectivity index (χ0v) is 11.1. The summed E-state index contributed by atoms with van der Waals surface area (Å²) in [5.41, 5.74) is 3.44. The molecule has 100 valence electrons. The van der Waals surface area contributed by atoms with Crippen molar-refractivity contribution in [1.82, 2.24) is 15.1 Å². The molecule has 3 nitrogen and oxygen atoms in total. The van der Waals surface area contributed by atoms with Gasteiger partial charge in [0.2, 0.25) is 0 Å². The molecule has 0 spiro atoms. The fourth-order valence-electron chi connectivity index (χ4n) is 2.91. The molecular formula is C15H18FN3. The van der Waals surface area contributed by atoms with E-state index in [9.17, 15) is 4.39 Å². The number of nitrogens with zero attached hydrogens (tertiary/aromatic N) is 2. The van der Waals surface area contributed by atoms with Crippen molar-refractivity contribution in [3.05, 3.63) is 53.1 Å². The molecule has 0 aliphatic carbocycles. The van der Waals surface area contributed by atoms with Crippen LogP contribution in [0, 0.1) is 12.7 Å². The average molecular weight is 259 g/mol. The molecule has 1 aromatic heterocycles. The summed E-state index contributed by atoms with van der Waals surface area (Å²) < 4.78 is 13.2. The van der Waals surface area contributed by atoms with Crippen LogP contribution in [0.4, 0.5) is 4.39 Å². The van der Waals surface area contributed by atoms with Gasteiger partial charge < -0.3 is 0 Å². The van der Waals surface area contributed by atoms with Gasteiger partial charge in [-0.15, -0.1) is 0 Å². The molecule has 2 aromatic rings. The van der Waals surface area contributed by atoms with Gasteiger partial charge in [0.1, 0.15) is 5.82 Å². The van der Waals surface area contributed by atoms with E-state index in [2.05, 4.69) is 22.0 Å². The van der Waals surface area contributed by atoms with E-state index in [0.29, 0.717) is 6.04 Å². The number of hydrogen-bond acceptors (Lipinski definition) is 2. The second-order valence-electron chi connectivity index (χ2n) is 5.23.